The van der Waals surface area contributed by atoms with E-state index in [1.54, 1.807) is 9.80 Å². The molecule has 2 atom stereocenters. The van der Waals surface area contributed by atoms with Gasteiger partial charge < -0.3 is 31.9 Å². The van der Waals surface area contributed by atoms with Crippen LogP contribution in [0.2, 0.25) is 0 Å². The summed E-state index contributed by atoms with van der Waals surface area (Å²) in [5.41, 5.74) is 9.82. The average Bonchev–Trinajstić information content (AvgIpc) is 2.72. The molecule has 10 nitrogen and oxygen atoms in total. The van der Waals surface area contributed by atoms with Crippen molar-refractivity contribution < 1.29 is 19.2 Å². The normalized spacial score (nSPS) is 24.9. The molecule has 2 saturated heterocycles. The first-order valence-corrected chi connectivity index (χ1v) is 11.5. The summed E-state index contributed by atoms with van der Waals surface area (Å²) in [6.07, 6.45) is 0.949. The lowest BCUT2D eigenvalue weighted by Crippen LogP contribution is -2.56. The predicted molar refractivity (Wildman–Crippen MR) is 121 cm³/mol. The van der Waals surface area contributed by atoms with Gasteiger partial charge in [-0.05, 0) is 12.8 Å². The third-order valence-corrected chi connectivity index (χ3v) is 6.39. The van der Waals surface area contributed by atoms with Crippen molar-refractivity contribution in [3.63, 3.8) is 0 Å². The number of nitrogens with one attached hydrogen (secondary N) is 2. The van der Waals surface area contributed by atoms with Gasteiger partial charge in [-0.1, -0.05) is 27.7 Å². The third-order valence-electron chi connectivity index (χ3n) is 6.39. The minimum Gasteiger partial charge on any atom is -0.355 e. The van der Waals surface area contributed by atoms with Crippen molar-refractivity contribution in [1.82, 2.24) is 20.4 Å². The van der Waals surface area contributed by atoms with E-state index in [1.807, 2.05) is 27.7 Å². The number of piperidine rings is 2. The van der Waals surface area contributed by atoms with Crippen molar-refractivity contribution in [2.24, 2.45) is 34.1 Å². The molecular formula is C22H40N6O4. The number of carbonyl (C=O) groups excluding carboxylic acids is 4. The van der Waals surface area contributed by atoms with Crippen molar-refractivity contribution in [2.75, 3.05) is 52.4 Å². The Morgan fingerprint density at radius 1 is 0.812 bits per heavy atom. The highest BCUT2D eigenvalue weighted by Crippen LogP contribution is 2.34. The first-order valence-electron chi connectivity index (χ1n) is 11.5. The Labute approximate surface area is 190 Å². The van der Waals surface area contributed by atoms with Crippen LogP contribution in [0.1, 0.15) is 40.5 Å². The van der Waals surface area contributed by atoms with Crippen molar-refractivity contribution in [3.05, 3.63) is 0 Å². The molecule has 0 aromatic carbocycles. The number of hydrogen-bond acceptors (Lipinski definition) is 6. The van der Waals surface area contributed by atoms with E-state index in [1.165, 1.54) is 0 Å². The highest BCUT2D eigenvalue weighted by Gasteiger charge is 2.44. The summed E-state index contributed by atoms with van der Waals surface area (Å²) in [4.78, 5) is 54.0. The minimum atomic E-state index is -0.649. The Hall–Kier alpha value is -2.20. The lowest BCUT2D eigenvalue weighted by Gasteiger charge is -2.42. The van der Waals surface area contributed by atoms with Gasteiger partial charge in [0.05, 0.1) is 11.8 Å². The molecular weight excluding hydrogens is 412 g/mol. The third kappa shape index (κ3) is 6.19. The number of nitrogens with two attached hydrogens (primary N) is 2. The Balaban J connectivity index is 1.94. The Bertz CT molecular complexity index is 723. The lowest BCUT2D eigenvalue weighted by atomic mass is 9.77. The van der Waals surface area contributed by atoms with Gasteiger partial charge in [-0.3, -0.25) is 19.2 Å². The molecule has 2 heterocycles. The molecule has 2 rings (SSSR count). The maximum atomic E-state index is 12.8. The fraction of sp³-hybridized carbons (Fsp3) is 0.818. The summed E-state index contributed by atoms with van der Waals surface area (Å²) in [7, 11) is 0. The summed E-state index contributed by atoms with van der Waals surface area (Å²) in [6.45, 7) is 10.2. The summed E-state index contributed by atoms with van der Waals surface area (Å²) in [5, 5.41) is 5.73. The standard InChI is InChI=1S/C22H40N6O4/c1-21(2)11-15(13-27(9-6-24)19(21)31)18(30)26-8-10-28-14-16(17(29)25-7-5-23)12-22(3,4)20(28)32/h15-16H,5-14,23-24H2,1-4H3,(H,25,29)(H,26,30). The van der Waals surface area contributed by atoms with Crippen LogP contribution in [0.3, 0.4) is 0 Å². The molecule has 2 aliphatic rings. The van der Waals surface area contributed by atoms with Crippen molar-refractivity contribution in [1.29, 1.82) is 0 Å². The van der Waals surface area contributed by atoms with Gasteiger partial charge in [0.25, 0.3) is 0 Å². The summed E-state index contributed by atoms with van der Waals surface area (Å²) < 4.78 is 0. The van der Waals surface area contributed by atoms with E-state index < -0.39 is 10.8 Å². The molecule has 0 aromatic heterocycles. The van der Waals surface area contributed by atoms with Gasteiger partial charge in [-0.2, -0.15) is 0 Å². The number of carbonyl (C=O) groups is 4. The second kappa shape index (κ2) is 10.6. The van der Waals surface area contributed by atoms with E-state index in [9.17, 15) is 19.2 Å². The van der Waals surface area contributed by atoms with E-state index in [2.05, 4.69) is 10.6 Å². The van der Waals surface area contributed by atoms with E-state index in [4.69, 9.17) is 11.5 Å². The molecule has 6 N–H and O–H groups in total. The monoisotopic (exact) mass is 452 g/mol. The largest absolute Gasteiger partial charge is 0.355 e. The second-order valence-electron chi connectivity index (χ2n) is 10.2. The predicted octanol–water partition coefficient (Wildman–Crippen LogP) is -1.11. The van der Waals surface area contributed by atoms with Crippen LogP contribution in [0.5, 0.6) is 0 Å². The van der Waals surface area contributed by atoms with Crippen LogP contribution >= 0.6 is 0 Å². The Morgan fingerprint density at radius 2 is 1.25 bits per heavy atom. The highest BCUT2D eigenvalue weighted by molar-refractivity contribution is 5.88. The molecule has 0 saturated carbocycles. The van der Waals surface area contributed by atoms with Crippen LogP contribution in [0.25, 0.3) is 0 Å². The molecule has 0 bridgehead atoms. The molecule has 0 aliphatic carbocycles. The topological polar surface area (TPSA) is 151 Å². The molecule has 182 valence electrons. The molecule has 0 aromatic rings. The van der Waals surface area contributed by atoms with E-state index in [0.717, 1.165) is 0 Å². The van der Waals surface area contributed by atoms with Gasteiger partial charge in [0.15, 0.2) is 0 Å². The number of hydrogen-bond donors (Lipinski definition) is 4. The average molecular weight is 453 g/mol. The van der Waals surface area contributed by atoms with Crippen LogP contribution in [-0.2, 0) is 19.2 Å². The van der Waals surface area contributed by atoms with Crippen LogP contribution in [0.15, 0.2) is 0 Å². The quantitative estimate of drug-likeness (QED) is 0.348. The zero-order chi connectivity index (χ0) is 24.1. The van der Waals surface area contributed by atoms with Gasteiger partial charge >= 0.3 is 0 Å². The van der Waals surface area contributed by atoms with Crippen LogP contribution in [-0.4, -0.2) is 85.8 Å². The molecule has 2 unspecified atom stereocenters. The minimum absolute atomic E-state index is 0.0202. The molecule has 2 aliphatic heterocycles. The molecule has 2 fully saturated rings. The van der Waals surface area contributed by atoms with Crippen molar-refractivity contribution >= 4 is 23.6 Å². The molecule has 0 spiro atoms. The lowest BCUT2D eigenvalue weighted by molar-refractivity contribution is -0.151. The molecule has 4 amide bonds. The maximum Gasteiger partial charge on any atom is 0.228 e. The molecule has 10 heteroatoms. The van der Waals surface area contributed by atoms with E-state index in [0.29, 0.717) is 65.2 Å². The number of rotatable bonds is 9. The first-order chi connectivity index (χ1) is 14.9. The Morgan fingerprint density at radius 3 is 1.69 bits per heavy atom. The zero-order valence-corrected chi connectivity index (χ0v) is 19.9. The maximum absolute atomic E-state index is 12.8. The smallest absolute Gasteiger partial charge is 0.228 e. The number of amides is 4. The van der Waals surface area contributed by atoms with Crippen molar-refractivity contribution in [2.45, 2.75) is 40.5 Å². The van der Waals surface area contributed by atoms with Gasteiger partial charge in [-0.15, -0.1) is 0 Å². The SMILES string of the molecule is CC1(C)CC(C(=O)NCCN2CC(C(=O)NCCN)CC(C)(C)C2=O)CN(CCN)C1=O. The highest BCUT2D eigenvalue weighted by atomic mass is 16.2. The Kier molecular flexibility index (Phi) is 8.64. The van der Waals surface area contributed by atoms with E-state index >= 15 is 0 Å². The number of likely N-dealkylation sites (tertiary alicyclic amines) is 2. The van der Waals surface area contributed by atoms with Crippen molar-refractivity contribution in [3.8, 4) is 0 Å². The fourth-order valence-corrected chi connectivity index (χ4v) is 4.78. The second-order valence-corrected chi connectivity index (χ2v) is 10.2. The van der Waals surface area contributed by atoms with Gasteiger partial charge in [0.1, 0.15) is 0 Å². The van der Waals surface area contributed by atoms with Crippen LogP contribution < -0.4 is 22.1 Å². The zero-order valence-electron chi connectivity index (χ0n) is 19.9. The van der Waals surface area contributed by atoms with Crippen LogP contribution in [0.4, 0.5) is 0 Å². The first kappa shape index (κ1) is 26.1. The van der Waals surface area contributed by atoms with Crippen LogP contribution in [0, 0.1) is 22.7 Å². The van der Waals surface area contributed by atoms with Gasteiger partial charge in [-0.25, -0.2) is 0 Å². The van der Waals surface area contributed by atoms with E-state index in [-0.39, 0.29) is 35.5 Å². The molecule has 32 heavy (non-hydrogen) atoms. The fourth-order valence-electron chi connectivity index (χ4n) is 4.78. The summed E-state index contributed by atoms with van der Waals surface area (Å²) in [5.74, 6) is -0.856. The summed E-state index contributed by atoms with van der Waals surface area (Å²) >= 11 is 0. The van der Waals surface area contributed by atoms with Gasteiger partial charge in [0, 0.05) is 63.2 Å². The molecule has 0 radical (unpaired) electrons. The summed E-state index contributed by atoms with van der Waals surface area (Å²) in [6, 6.07) is 0. The van der Waals surface area contributed by atoms with Gasteiger partial charge in [0.2, 0.25) is 23.6 Å². The number of nitrogens with zero attached hydrogens (tertiary/aromatic N) is 2.